The van der Waals surface area contributed by atoms with Gasteiger partial charge in [-0.05, 0) is 62.6 Å². The molecule has 0 saturated heterocycles. The second-order valence-electron chi connectivity index (χ2n) is 7.31. The fourth-order valence-corrected chi connectivity index (χ4v) is 3.59. The third-order valence-electron chi connectivity index (χ3n) is 4.91. The van der Waals surface area contributed by atoms with E-state index in [2.05, 4.69) is 17.4 Å². The molecule has 0 aliphatic rings. The lowest BCUT2D eigenvalue weighted by molar-refractivity contribution is -0.128. The third kappa shape index (κ3) is 5.97. The van der Waals surface area contributed by atoms with Gasteiger partial charge in [0.1, 0.15) is 5.75 Å². The van der Waals surface area contributed by atoms with Gasteiger partial charge in [0, 0.05) is 7.05 Å². The molecule has 0 bridgehead atoms. The van der Waals surface area contributed by atoms with Crippen molar-refractivity contribution < 1.29 is 17.9 Å². The van der Waals surface area contributed by atoms with Crippen LogP contribution >= 0.6 is 0 Å². The Morgan fingerprint density at radius 3 is 2.28 bits per heavy atom. The van der Waals surface area contributed by atoms with Crippen molar-refractivity contribution in [2.45, 2.75) is 46.3 Å². The highest BCUT2D eigenvalue weighted by atomic mass is 32.2. The van der Waals surface area contributed by atoms with E-state index in [0.717, 1.165) is 23.8 Å². The topological polar surface area (TPSA) is 75.7 Å². The molecule has 0 aromatic heterocycles. The Morgan fingerprint density at radius 2 is 1.76 bits per heavy atom. The first-order valence-corrected chi connectivity index (χ1v) is 11.5. The highest BCUT2D eigenvalue weighted by Crippen LogP contribution is 2.23. The van der Waals surface area contributed by atoms with Crippen LogP contribution in [0.2, 0.25) is 0 Å². The molecule has 2 rings (SSSR count). The average molecular weight is 419 g/mol. The van der Waals surface area contributed by atoms with Crippen molar-refractivity contribution in [2.24, 2.45) is 0 Å². The summed E-state index contributed by atoms with van der Waals surface area (Å²) in [4.78, 5) is 12.7. The molecule has 158 valence electrons. The van der Waals surface area contributed by atoms with Crippen molar-refractivity contribution in [2.75, 3.05) is 17.6 Å². The predicted octanol–water partition coefficient (Wildman–Crippen LogP) is 3.73. The number of rotatable bonds is 8. The number of aryl methyl sites for hydroxylation is 2. The first-order valence-electron chi connectivity index (χ1n) is 9.61. The van der Waals surface area contributed by atoms with E-state index in [-0.39, 0.29) is 11.9 Å². The van der Waals surface area contributed by atoms with Crippen molar-refractivity contribution in [1.29, 1.82) is 0 Å². The van der Waals surface area contributed by atoms with Crippen molar-refractivity contribution in [3.8, 4) is 5.75 Å². The number of hydrogen-bond donors (Lipinski definition) is 1. The van der Waals surface area contributed by atoms with Gasteiger partial charge in [-0.3, -0.25) is 9.10 Å². The Kier molecular flexibility index (Phi) is 7.30. The summed E-state index contributed by atoms with van der Waals surface area (Å²) in [6, 6.07) is 12.7. The van der Waals surface area contributed by atoms with Gasteiger partial charge in [-0.25, -0.2) is 8.42 Å². The fourth-order valence-electron chi connectivity index (χ4n) is 3.09. The number of carbonyl (C=O) groups excluding carboxylic acids is 1. The van der Waals surface area contributed by atoms with Gasteiger partial charge in [-0.2, -0.15) is 0 Å². The molecule has 7 heteroatoms. The maximum atomic E-state index is 12.7. The molecule has 0 saturated carbocycles. The second kappa shape index (κ2) is 9.31. The predicted molar refractivity (Wildman–Crippen MR) is 117 cm³/mol. The summed E-state index contributed by atoms with van der Waals surface area (Å²) in [5.74, 6) is 0.298. The molecule has 1 N–H and O–H groups in total. The lowest BCUT2D eigenvalue weighted by Gasteiger charge is -2.23. The van der Waals surface area contributed by atoms with E-state index in [9.17, 15) is 13.2 Å². The van der Waals surface area contributed by atoms with Crippen molar-refractivity contribution in [3.05, 3.63) is 59.2 Å². The SMILES string of the molecule is CC[C@H](NC(=O)[C@H](C)Oc1ccc(N(C)S(C)(=O)=O)cc1)c1ccc(C)cc1C. The van der Waals surface area contributed by atoms with Gasteiger partial charge >= 0.3 is 0 Å². The zero-order valence-corrected chi connectivity index (χ0v) is 18.7. The van der Waals surface area contributed by atoms with Gasteiger partial charge in [0.25, 0.3) is 5.91 Å². The van der Waals surface area contributed by atoms with E-state index >= 15 is 0 Å². The van der Waals surface area contributed by atoms with Crippen LogP contribution in [0.25, 0.3) is 0 Å². The van der Waals surface area contributed by atoms with Gasteiger partial charge < -0.3 is 10.1 Å². The van der Waals surface area contributed by atoms with Crippen LogP contribution in [0.4, 0.5) is 5.69 Å². The molecule has 6 nitrogen and oxygen atoms in total. The summed E-state index contributed by atoms with van der Waals surface area (Å²) in [6.45, 7) is 7.82. The minimum absolute atomic E-state index is 0.0834. The van der Waals surface area contributed by atoms with Crippen LogP contribution < -0.4 is 14.4 Å². The standard InChI is InChI=1S/C22H30N2O4S/c1-7-21(20-13-8-15(2)14-16(20)3)23-22(25)17(4)28-19-11-9-18(10-12-19)24(5)29(6,26)27/h8-14,17,21H,7H2,1-6H3,(H,23,25)/t17-,21-/m0/s1. The van der Waals surface area contributed by atoms with Gasteiger partial charge in [0.15, 0.2) is 6.10 Å². The highest BCUT2D eigenvalue weighted by Gasteiger charge is 2.20. The van der Waals surface area contributed by atoms with Crippen LogP contribution in [0.5, 0.6) is 5.75 Å². The normalized spacial score (nSPS) is 13.4. The van der Waals surface area contributed by atoms with Crippen LogP contribution in [0, 0.1) is 13.8 Å². The molecule has 0 radical (unpaired) electrons. The number of nitrogens with one attached hydrogen (secondary N) is 1. The summed E-state index contributed by atoms with van der Waals surface area (Å²) in [5.41, 5.74) is 3.97. The van der Waals surface area contributed by atoms with Gasteiger partial charge in [0.2, 0.25) is 10.0 Å². The highest BCUT2D eigenvalue weighted by molar-refractivity contribution is 7.92. The maximum absolute atomic E-state index is 12.7. The molecule has 1 amide bonds. The van der Waals surface area contributed by atoms with Crippen LogP contribution in [0.1, 0.15) is 43.0 Å². The van der Waals surface area contributed by atoms with E-state index in [0.29, 0.717) is 11.4 Å². The lowest BCUT2D eigenvalue weighted by atomic mass is 9.97. The van der Waals surface area contributed by atoms with Crippen LogP contribution in [0.3, 0.4) is 0 Å². The molecular formula is C22H30N2O4S. The first-order chi connectivity index (χ1) is 13.5. The minimum Gasteiger partial charge on any atom is -0.481 e. The fraction of sp³-hybridized carbons (Fsp3) is 0.409. The third-order valence-corrected chi connectivity index (χ3v) is 6.11. The zero-order valence-electron chi connectivity index (χ0n) is 17.9. The summed E-state index contributed by atoms with van der Waals surface area (Å²) >= 11 is 0. The number of nitrogens with zero attached hydrogens (tertiary/aromatic N) is 1. The molecule has 0 spiro atoms. The molecule has 2 atom stereocenters. The minimum atomic E-state index is -3.33. The number of sulfonamides is 1. The van der Waals surface area contributed by atoms with E-state index < -0.39 is 16.1 Å². The van der Waals surface area contributed by atoms with Gasteiger partial charge in [-0.15, -0.1) is 0 Å². The lowest BCUT2D eigenvalue weighted by Crippen LogP contribution is -2.38. The number of carbonyl (C=O) groups is 1. The van der Waals surface area contributed by atoms with E-state index in [4.69, 9.17) is 4.74 Å². The van der Waals surface area contributed by atoms with Gasteiger partial charge in [0.05, 0.1) is 18.0 Å². The zero-order chi connectivity index (χ0) is 21.8. The molecule has 2 aromatic carbocycles. The Labute approximate surface area is 173 Å². The largest absolute Gasteiger partial charge is 0.481 e. The summed E-state index contributed by atoms with van der Waals surface area (Å²) < 4.78 is 30.2. The van der Waals surface area contributed by atoms with E-state index in [1.54, 1.807) is 31.2 Å². The number of anilines is 1. The molecule has 0 heterocycles. The van der Waals surface area contributed by atoms with E-state index in [1.807, 2.05) is 26.8 Å². The number of amides is 1. The quantitative estimate of drug-likeness (QED) is 0.709. The Hall–Kier alpha value is -2.54. The van der Waals surface area contributed by atoms with Crippen LogP contribution in [-0.4, -0.2) is 33.7 Å². The number of ether oxygens (including phenoxy) is 1. The molecule has 0 unspecified atom stereocenters. The van der Waals surface area contributed by atoms with E-state index in [1.165, 1.54) is 16.9 Å². The van der Waals surface area contributed by atoms with Crippen molar-refractivity contribution in [1.82, 2.24) is 5.32 Å². The Balaban J connectivity index is 2.04. The first kappa shape index (κ1) is 22.7. The Morgan fingerprint density at radius 1 is 1.14 bits per heavy atom. The number of benzene rings is 2. The van der Waals surface area contributed by atoms with Crippen LogP contribution in [0.15, 0.2) is 42.5 Å². The molecule has 2 aromatic rings. The summed E-state index contributed by atoms with van der Waals surface area (Å²) in [7, 11) is -1.84. The monoisotopic (exact) mass is 418 g/mol. The molecule has 29 heavy (non-hydrogen) atoms. The van der Waals surface area contributed by atoms with Crippen LogP contribution in [-0.2, 0) is 14.8 Å². The molecular weight excluding hydrogens is 388 g/mol. The summed E-state index contributed by atoms with van der Waals surface area (Å²) in [6.07, 6.45) is 1.23. The smallest absolute Gasteiger partial charge is 0.261 e. The molecule has 0 fully saturated rings. The summed E-state index contributed by atoms with van der Waals surface area (Å²) in [5, 5.41) is 3.06. The second-order valence-corrected chi connectivity index (χ2v) is 9.33. The number of hydrogen-bond acceptors (Lipinski definition) is 4. The molecule has 0 aliphatic heterocycles. The molecule has 0 aliphatic carbocycles. The average Bonchev–Trinajstić information content (AvgIpc) is 2.65. The van der Waals surface area contributed by atoms with Crippen molar-refractivity contribution in [3.63, 3.8) is 0 Å². The maximum Gasteiger partial charge on any atom is 0.261 e. The Bertz CT molecular complexity index is 955. The van der Waals surface area contributed by atoms with Gasteiger partial charge in [-0.1, -0.05) is 30.7 Å². The van der Waals surface area contributed by atoms with Crippen molar-refractivity contribution >= 4 is 21.6 Å².